The summed E-state index contributed by atoms with van der Waals surface area (Å²) >= 11 is 0. The molecule has 7 heteroatoms. The third-order valence-electron chi connectivity index (χ3n) is 3.67. The lowest BCUT2D eigenvalue weighted by Gasteiger charge is -2.20. The molecule has 2 aliphatic rings. The zero-order chi connectivity index (χ0) is 15.0. The average molecular weight is 292 g/mol. The van der Waals surface area contributed by atoms with Gasteiger partial charge in [0.05, 0.1) is 6.04 Å². The van der Waals surface area contributed by atoms with Crippen LogP contribution >= 0.6 is 0 Å². The predicted molar refractivity (Wildman–Crippen MR) is 68.9 cm³/mol. The molecule has 0 bridgehead atoms. The van der Waals surface area contributed by atoms with Gasteiger partial charge in [-0.2, -0.15) is 0 Å². The Morgan fingerprint density at radius 1 is 1.33 bits per heavy atom. The molecule has 2 aliphatic heterocycles. The lowest BCUT2D eigenvalue weighted by Crippen LogP contribution is -2.42. The molecule has 2 fully saturated rings. The van der Waals surface area contributed by atoms with Gasteiger partial charge < -0.3 is 9.64 Å². The number of ether oxygens (including phenoxy) is 1. The van der Waals surface area contributed by atoms with Crippen LogP contribution in [0.15, 0.2) is 24.3 Å². The molecule has 0 aliphatic carbocycles. The van der Waals surface area contributed by atoms with E-state index in [0.29, 0.717) is 13.0 Å². The van der Waals surface area contributed by atoms with E-state index in [4.69, 9.17) is 0 Å². The summed E-state index contributed by atoms with van der Waals surface area (Å²) in [5, 5.41) is 0. The number of imide groups is 1. The second-order valence-corrected chi connectivity index (χ2v) is 5.02. The highest BCUT2D eigenvalue weighted by molar-refractivity contribution is 5.98. The first-order valence-electron chi connectivity index (χ1n) is 6.60. The van der Waals surface area contributed by atoms with Crippen molar-refractivity contribution in [2.75, 3.05) is 19.7 Å². The normalized spacial score (nSPS) is 21.9. The van der Waals surface area contributed by atoms with Gasteiger partial charge in [-0.1, -0.05) is 6.07 Å². The maximum Gasteiger partial charge on any atom is 0.417 e. The maximum atomic E-state index is 13.2. The molecule has 3 amide bonds. The summed E-state index contributed by atoms with van der Waals surface area (Å²) in [4.78, 5) is 37.9. The van der Waals surface area contributed by atoms with Crippen LogP contribution < -0.4 is 0 Å². The number of halogens is 1. The van der Waals surface area contributed by atoms with E-state index in [1.165, 1.54) is 29.2 Å². The number of rotatable bonds is 2. The Labute approximate surface area is 120 Å². The first kappa shape index (κ1) is 13.5. The number of nitrogens with zero attached hydrogens (tertiary/aromatic N) is 2. The highest BCUT2D eigenvalue weighted by Crippen LogP contribution is 2.21. The summed E-state index contributed by atoms with van der Waals surface area (Å²) in [7, 11) is 0. The van der Waals surface area contributed by atoms with Gasteiger partial charge in [0.15, 0.2) is 6.61 Å². The van der Waals surface area contributed by atoms with Gasteiger partial charge >= 0.3 is 6.09 Å². The molecule has 2 saturated heterocycles. The van der Waals surface area contributed by atoms with E-state index < -0.39 is 11.9 Å². The number of cyclic esters (lactones) is 1. The second kappa shape index (κ2) is 5.16. The van der Waals surface area contributed by atoms with Gasteiger partial charge in [0.25, 0.3) is 11.8 Å². The predicted octanol–water partition coefficient (Wildman–Crippen LogP) is 1.02. The summed E-state index contributed by atoms with van der Waals surface area (Å²) in [5.41, 5.74) is 0.256. The number of hydrogen-bond donors (Lipinski definition) is 0. The number of carbonyl (C=O) groups excluding carboxylic acids is 3. The van der Waals surface area contributed by atoms with Gasteiger partial charge in [-0.05, 0) is 24.6 Å². The van der Waals surface area contributed by atoms with Gasteiger partial charge in [0, 0.05) is 18.7 Å². The molecular formula is C14H13FN2O4. The van der Waals surface area contributed by atoms with Crippen molar-refractivity contribution >= 4 is 17.9 Å². The van der Waals surface area contributed by atoms with E-state index >= 15 is 0 Å². The zero-order valence-corrected chi connectivity index (χ0v) is 11.1. The van der Waals surface area contributed by atoms with Crippen LogP contribution in [0.3, 0.4) is 0 Å². The van der Waals surface area contributed by atoms with E-state index in [9.17, 15) is 18.8 Å². The highest BCUT2D eigenvalue weighted by atomic mass is 19.1. The van der Waals surface area contributed by atoms with Crippen LogP contribution in [0, 0.1) is 5.82 Å². The fourth-order valence-electron chi connectivity index (χ4n) is 2.66. The molecule has 1 atom stereocenters. The second-order valence-electron chi connectivity index (χ2n) is 5.02. The molecule has 1 unspecified atom stereocenters. The smallest absolute Gasteiger partial charge is 0.417 e. The Bertz CT molecular complexity index is 603. The van der Waals surface area contributed by atoms with E-state index in [1.807, 2.05) is 0 Å². The minimum atomic E-state index is -0.662. The summed E-state index contributed by atoms with van der Waals surface area (Å²) in [6.07, 6.45) is -0.160. The first-order valence-corrected chi connectivity index (χ1v) is 6.60. The Hall–Kier alpha value is -2.44. The minimum Gasteiger partial charge on any atom is -0.439 e. The molecule has 2 heterocycles. The summed E-state index contributed by atoms with van der Waals surface area (Å²) < 4.78 is 17.8. The van der Waals surface area contributed by atoms with Crippen LogP contribution in [-0.4, -0.2) is 53.4 Å². The van der Waals surface area contributed by atoms with Crippen molar-refractivity contribution in [3.8, 4) is 0 Å². The van der Waals surface area contributed by atoms with Gasteiger partial charge in [-0.25, -0.2) is 14.1 Å². The monoisotopic (exact) mass is 292 g/mol. The third-order valence-corrected chi connectivity index (χ3v) is 3.67. The van der Waals surface area contributed by atoms with Crippen molar-refractivity contribution in [1.29, 1.82) is 0 Å². The molecule has 6 nitrogen and oxygen atoms in total. The van der Waals surface area contributed by atoms with Crippen molar-refractivity contribution in [2.24, 2.45) is 0 Å². The molecule has 0 saturated carbocycles. The van der Waals surface area contributed by atoms with Crippen molar-refractivity contribution in [3.63, 3.8) is 0 Å². The lowest BCUT2D eigenvalue weighted by molar-refractivity contribution is -0.127. The zero-order valence-electron chi connectivity index (χ0n) is 11.1. The topological polar surface area (TPSA) is 66.9 Å². The van der Waals surface area contributed by atoms with Crippen molar-refractivity contribution in [1.82, 2.24) is 9.80 Å². The largest absolute Gasteiger partial charge is 0.439 e. The van der Waals surface area contributed by atoms with Crippen LogP contribution in [0.25, 0.3) is 0 Å². The Balaban J connectivity index is 1.71. The maximum absolute atomic E-state index is 13.2. The molecule has 0 spiro atoms. The van der Waals surface area contributed by atoms with E-state index in [1.54, 1.807) is 0 Å². The number of carbonyl (C=O) groups is 3. The van der Waals surface area contributed by atoms with E-state index in [0.717, 1.165) is 4.90 Å². The quantitative estimate of drug-likeness (QED) is 0.816. The summed E-state index contributed by atoms with van der Waals surface area (Å²) in [6, 6.07) is 5.07. The number of likely N-dealkylation sites (tertiary alicyclic amines) is 1. The lowest BCUT2D eigenvalue weighted by atomic mass is 10.2. The van der Waals surface area contributed by atoms with Crippen molar-refractivity contribution < 1.29 is 23.5 Å². The molecule has 0 radical (unpaired) electrons. The Morgan fingerprint density at radius 3 is 2.81 bits per heavy atom. The van der Waals surface area contributed by atoms with Crippen LogP contribution in [0.5, 0.6) is 0 Å². The van der Waals surface area contributed by atoms with Crippen LogP contribution in [-0.2, 0) is 9.53 Å². The van der Waals surface area contributed by atoms with Gasteiger partial charge in [-0.3, -0.25) is 9.59 Å². The third kappa shape index (κ3) is 2.46. The minimum absolute atomic E-state index is 0.243. The van der Waals surface area contributed by atoms with E-state index in [-0.39, 0.29) is 36.6 Å². The van der Waals surface area contributed by atoms with Gasteiger partial charge in [0.2, 0.25) is 0 Å². The number of amides is 3. The fraction of sp³-hybridized carbons (Fsp3) is 0.357. The number of hydrogen-bond acceptors (Lipinski definition) is 4. The summed E-state index contributed by atoms with van der Waals surface area (Å²) in [6.45, 7) is 0.417. The molecular weight excluding hydrogens is 279 g/mol. The van der Waals surface area contributed by atoms with E-state index in [2.05, 4.69) is 4.74 Å². The first-order chi connectivity index (χ1) is 10.1. The van der Waals surface area contributed by atoms with Crippen molar-refractivity contribution in [2.45, 2.75) is 12.5 Å². The van der Waals surface area contributed by atoms with Crippen LogP contribution in [0.4, 0.5) is 9.18 Å². The SMILES string of the molecule is O=C(c1cccc(F)c1)N1CCC(N2C(=O)COC2=O)C1. The number of benzene rings is 1. The van der Waals surface area contributed by atoms with Crippen LogP contribution in [0.1, 0.15) is 16.8 Å². The Kier molecular flexibility index (Phi) is 3.32. The average Bonchev–Trinajstić information content (AvgIpc) is 3.05. The molecule has 0 aromatic heterocycles. The van der Waals surface area contributed by atoms with Gasteiger partial charge in [0.1, 0.15) is 5.82 Å². The highest BCUT2D eigenvalue weighted by Gasteiger charge is 2.41. The summed E-state index contributed by atoms with van der Waals surface area (Å²) in [5.74, 6) is -1.17. The van der Waals surface area contributed by atoms with Crippen LogP contribution in [0.2, 0.25) is 0 Å². The Morgan fingerprint density at radius 2 is 2.14 bits per heavy atom. The molecule has 21 heavy (non-hydrogen) atoms. The van der Waals surface area contributed by atoms with Gasteiger partial charge in [-0.15, -0.1) is 0 Å². The fourth-order valence-corrected chi connectivity index (χ4v) is 2.66. The molecule has 1 aromatic carbocycles. The molecule has 0 N–H and O–H groups in total. The molecule has 110 valence electrons. The molecule has 3 rings (SSSR count). The van der Waals surface area contributed by atoms with Crippen molar-refractivity contribution in [3.05, 3.63) is 35.6 Å². The molecule has 1 aromatic rings. The standard InChI is InChI=1S/C14H13FN2O4/c15-10-3-1-2-9(6-10)13(19)16-5-4-11(7-16)17-12(18)8-21-14(17)20/h1-3,6,11H,4-5,7-8H2.